The maximum atomic E-state index is 11.7. The highest BCUT2D eigenvalue weighted by Gasteiger charge is 2.15. The molecule has 3 heterocycles. The number of H-pyrrole nitrogens is 1. The van der Waals surface area contributed by atoms with Crippen molar-refractivity contribution in [3.8, 4) is 0 Å². The van der Waals surface area contributed by atoms with Gasteiger partial charge in [-0.2, -0.15) is 5.10 Å². The minimum atomic E-state index is -0.912. The molecular formula is C20H19N7O3S. The van der Waals surface area contributed by atoms with Crippen molar-refractivity contribution in [1.82, 2.24) is 24.6 Å². The molecule has 0 saturated heterocycles. The third kappa shape index (κ3) is 4.83. The number of aromatic nitrogens is 5. The largest absolute Gasteiger partial charge is 0.459 e. The van der Waals surface area contributed by atoms with E-state index in [1.54, 1.807) is 25.3 Å². The van der Waals surface area contributed by atoms with E-state index in [9.17, 15) is 9.59 Å². The Labute approximate surface area is 181 Å². The van der Waals surface area contributed by atoms with Gasteiger partial charge in [-0.25, -0.2) is 14.8 Å². The van der Waals surface area contributed by atoms with Crippen LogP contribution in [0.4, 0.5) is 17.5 Å². The van der Waals surface area contributed by atoms with Crippen LogP contribution in [0.5, 0.6) is 0 Å². The van der Waals surface area contributed by atoms with Gasteiger partial charge >= 0.3 is 11.9 Å². The fraction of sp³-hybridized carbons (Fsp3) is 0.150. The molecule has 0 aliphatic rings. The van der Waals surface area contributed by atoms with E-state index >= 15 is 0 Å². The molecule has 0 atom stereocenters. The number of amides is 1. The summed E-state index contributed by atoms with van der Waals surface area (Å²) in [5.41, 5.74) is 2.17. The van der Waals surface area contributed by atoms with Gasteiger partial charge in [0.1, 0.15) is 10.7 Å². The summed E-state index contributed by atoms with van der Waals surface area (Å²) < 4.78 is 6.51. The number of rotatable bonds is 6. The minimum absolute atomic E-state index is 0.145. The minimum Gasteiger partial charge on any atom is -0.459 e. The number of carbonyl (C=O) groups excluding carboxylic acids is 2. The monoisotopic (exact) mass is 437 g/mol. The van der Waals surface area contributed by atoms with Crippen LogP contribution in [-0.2, 0) is 14.3 Å². The lowest BCUT2D eigenvalue weighted by molar-refractivity contribution is -0.152. The Hall–Kier alpha value is -3.86. The zero-order valence-electron chi connectivity index (χ0n) is 16.7. The van der Waals surface area contributed by atoms with Gasteiger partial charge in [-0.1, -0.05) is 11.8 Å². The summed E-state index contributed by atoms with van der Waals surface area (Å²) in [5, 5.41) is 13.5. The molecule has 31 heavy (non-hydrogen) atoms. The molecule has 11 heteroatoms. The molecule has 0 aliphatic heterocycles. The van der Waals surface area contributed by atoms with E-state index in [4.69, 9.17) is 0 Å². The number of esters is 1. The summed E-state index contributed by atoms with van der Waals surface area (Å²) in [6.45, 7) is 3.71. The van der Waals surface area contributed by atoms with Gasteiger partial charge in [0.25, 0.3) is 0 Å². The fourth-order valence-corrected chi connectivity index (χ4v) is 3.55. The van der Waals surface area contributed by atoms with E-state index in [2.05, 4.69) is 35.5 Å². The lowest BCUT2D eigenvalue weighted by Gasteiger charge is -2.09. The van der Waals surface area contributed by atoms with Crippen LogP contribution in [0.3, 0.4) is 0 Å². The Morgan fingerprint density at radius 3 is 2.74 bits per heavy atom. The first-order valence-electron chi connectivity index (χ1n) is 9.41. The number of benzene rings is 1. The fourth-order valence-electron chi connectivity index (χ4n) is 2.74. The van der Waals surface area contributed by atoms with Crippen molar-refractivity contribution in [2.45, 2.75) is 23.8 Å². The van der Waals surface area contributed by atoms with E-state index < -0.39 is 11.9 Å². The molecule has 158 valence electrons. The number of nitrogens with zero attached hydrogens (tertiary/aromatic N) is 4. The first-order valence-corrected chi connectivity index (χ1v) is 10.2. The van der Waals surface area contributed by atoms with Crippen molar-refractivity contribution >= 4 is 46.7 Å². The topological polar surface area (TPSA) is 126 Å². The summed E-state index contributed by atoms with van der Waals surface area (Å²) in [6, 6.07) is 10.8. The van der Waals surface area contributed by atoms with Crippen LogP contribution >= 0.6 is 11.8 Å². The molecular weight excluding hydrogens is 418 g/mol. The van der Waals surface area contributed by atoms with E-state index in [0.29, 0.717) is 17.5 Å². The average Bonchev–Trinajstić information content (AvgIpc) is 3.38. The van der Waals surface area contributed by atoms with Crippen LogP contribution in [0.1, 0.15) is 12.6 Å². The second kappa shape index (κ2) is 8.88. The van der Waals surface area contributed by atoms with Crippen LogP contribution < -0.4 is 10.6 Å². The zero-order chi connectivity index (χ0) is 21.8. The lowest BCUT2D eigenvalue weighted by Crippen LogP contribution is -2.24. The molecule has 4 rings (SSSR count). The first-order chi connectivity index (χ1) is 15.0. The molecule has 0 saturated carbocycles. The zero-order valence-corrected chi connectivity index (χ0v) is 17.6. The second-order valence-electron chi connectivity index (χ2n) is 6.44. The first kappa shape index (κ1) is 20.4. The number of ether oxygens (including phenoxy) is 1. The predicted molar refractivity (Wildman–Crippen MR) is 115 cm³/mol. The summed E-state index contributed by atoms with van der Waals surface area (Å²) in [4.78, 5) is 33.1. The second-order valence-corrected chi connectivity index (χ2v) is 7.53. The van der Waals surface area contributed by atoms with E-state index in [1.165, 1.54) is 11.8 Å². The number of fused-ring (bicyclic) bond motifs is 1. The third-order valence-electron chi connectivity index (χ3n) is 4.11. The number of nitrogens with one attached hydrogen (secondary N) is 3. The van der Waals surface area contributed by atoms with Crippen LogP contribution in [0, 0.1) is 6.92 Å². The van der Waals surface area contributed by atoms with Gasteiger partial charge in [-0.15, -0.1) is 0 Å². The quantitative estimate of drug-likeness (QED) is 0.239. The Kier molecular flexibility index (Phi) is 5.85. The van der Waals surface area contributed by atoms with Crippen LogP contribution in [0.2, 0.25) is 0 Å². The highest BCUT2D eigenvalue weighted by Crippen LogP contribution is 2.29. The molecule has 3 aromatic heterocycles. The number of aromatic amines is 1. The molecule has 0 aliphatic carbocycles. The van der Waals surface area contributed by atoms with Crippen molar-refractivity contribution in [3.05, 3.63) is 54.5 Å². The van der Waals surface area contributed by atoms with Crippen molar-refractivity contribution in [1.29, 1.82) is 0 Å². The van der Waals surface area contributed by atoms with Crippen molar-refractivity contribution in [2.75, 3.05) is 17.2 Å². The van der Waals surface area contributed by atoms with E-state index in [-0.39, 0.29) is 6.61 Å². The molecule has 1 aromatic carbocycles. The molecule has 0 unspecified atom stereocenters. The summed E-state index contributed by atoms with van der Waals surface area (Å²) in [7, 11) is 0. The summed E-state index contributed by atoms with van der Waals surface area (Å²) in [6.07, 6.45) is 3.52. The molecule has 1 amide bonds. The van der Waals surface area contributed by atoms with Crippen molar-refractivity contribution in [3.63, 3.8) is 0 Å². The highest BCUT2D eigenvalue weighted by atomic mass is 32.2. The Bertz CT molecular complexity index is 1230. The molecule has 4 aromatic rings. The number of anilines is 3. The van der Waals surface area contributed by atoms with Gasteiger partial charge in [-0.05, 0) is 38.1 Å². The Balaban J connectivity index is 1.50. The summed E-state index contributed by atoms with van der Waals surface area (Å²) >= 11 is 1.44. The number of hydrogen-bond donors (Lipinski definition) is 3. The Morgan fingerprint density at radius 1 is 1.23 bits per heavy atom. The van der Waals surface area contributed by atoms with Crippen molar-refractivity contribution < 1.29 is 14.3 Å². The molecule has 0 bridgehead atoms. The average molecular weight is 437 g/mol. The van der Waals surface area contributed by atoms with Crippen LogP contribution in [0.25, 0.3) is 5.65 Å². The number of hydrogen-bond acceptors (Lipinski definition) is 8. The lowest BCUT2D eigenvalue weighted by atomic mass is 10.3. The third-order valence-corrected chi connectivity index (χ3v) is 5.03. The van der Waals surface area contributed by atoms with Crippen molar-refractivity contribution in [2.24, 2.45) is 0 Å². The molecule has 0 spiro atoms. The molecule has 10 nitrogen and oxygen atoms in total. The van der Waals surface area contributed by atoms with Gasteiger partial charge < -0.3 is 15.4 Å². The number of imidazole rings is 1. The van der Waals surface area contributed by atoms with Gasteiger partial charge in [-0.3, -0.25) is 14.3 Å². The predicted octanol–water partition coefficient (Wildman–Crippen LogP) is 3.16. The van der Waals surface area contributed by atoms with E-state index in [1.807, 2.05) is 41.8 Å². The normalized spacial score (nSPS) is 10.8. The summed E-state index contributed by atoms with van der Waals surface area (Å²) in [5.74, 6) is -0.477. The van der Waals surface area contributed by atoms with Crippen LogP contribution in [0.15, 0.2) is 58.7 Å². The van der Waals surface area contributed by atoms with Crippen LogP contribution in [-0.4, -0.2) is 43.0 Å². The molecule has 0 radical (unpaired) electrons. The van der Waals surface area contributed by atoms with Gasteiger partial charge in [0, 0.05) is 40.8 Å². The maximum Gasteiger partial charge on any atom is 0.397 e. The highest BCUT2D eigenvalue weighted by molar-refractivity contribution is 7.99. The van der Waals surface area contributed by atoms with Gasteiger partial charge in [0.15, 0.2) is 5.82 Å². The standard InChI is InChI=1S/C20H19N7O3S/c1-3-30-19(29)18(28)22-13-4-6-14(7-5-13)31-17-11-16-21-8-9-27(16)20(24-17)23-15-10-12(2)25-26-15/h4-11H,3H2,1-2H3,(H,22,28)(H2,23,24,25,26). The number of carbonyl (C=O) groups is 2. The maximum absolute atomic E-state index is 11.7. The Morgan fingerprint density at radius 2 is 2.03 bits per heavy atom. The molecule has 0 fully saturated rings. The van der Waals surface area contributed by atoms with Gasteiger partial charge in [0.05, 0.1) is 6.61 Å². The smallest absolute Gasteiger partial charge is 0.397 e. The van der Waals surface area contributed by atoms with E-state index in [0.717, 1.165) is 21.3 Å². The van der Waals surface area contributed by atoms with Gasteiger partial charge in [0.2, 0.25) is 5.95 Å². The molecule has 3 N–H and O–H groups in total. The number of aryl methyl sites for hydroxylation is 1. The SMILES string of the molecule is CCOC(=O)C(=O)Nc1ccc(Sc2cc3nccn3c(Nc3cc(C)[nH]n3)n2)cc1.